The van der Waals surface area contributed by atoms with Crippen molar-refractivity contribution < 1.29 is 19.8 Å². The Morgan fingerprint density at radius 3 is 1.46 bits per heavy atom. The van der Waals surface area contributed by atoms with Gasteiger partial charge in [0.2, 0.25) is 0 Å². The van der Waals surface area contributed by atoms with Crippen LogP contribution in [0.1, 0.15) is 105 Å². The molecule has 0 unspecified atom stereocenters. The van der Waals surface area contributed by atoms with Crippen LogP contribution in [0.15, 0.2) is 0 Å². The summed E-state index contributed by atoms with van der Waals surface area (Å²) in [6.07, 6.45) is 9.96. The van der Waals surface area contributed by atoms with E-state index in [1.54, 1.807) is 0 Å². The van der Waals surface area contributed by atoms with Crippen molar-refractivity contribution in [3.05, 3.63) is 0 Å². The number of hydrogen-bond acceptors (Lipinski definition) is 2. The molecule has 4 heteroatoms. The Balaban J connectivity index is 5.72. The second-order valence-electron chi connectivity index (χ2n) is 7.21. The summed E-state index contributed by atoms with van der Waals surface area (Å²) in [6, 6.07) is 0. The molecule has 0 aromatic heterocycles. The molecule has 0 amide bonds. The van der Waals surface area contributed by atoms with Gasteiger partial charge in [-0.1, -0.05) is 79.1 Å². The molecule has 0 saturated carbocycles. The van der Waals surface area contributed by atoms with Crippen LogP contribution in [0.5, 0.6) is 0 Å². The lowest BCUT2D eigenvalue weighted by Gasteiger charge is -2.46. The van der Waals surface area contributed by atoms with E-state index in [1.807, 2.05) is 20.8 Å². The minimum absolute atomic E-state index is 0.215. The molecular weight excluding hydrogens is 304 g/mol. The zero-order valence-corrected chi connectivity index (χ0v) is 16.2. The fraction of sp³-hybridized carbons (Fsp3) is 0.900. The van der Waals surface area contributed by atoms with Crippen molar-refractivity contribution in [3.63, 3.8) is 0 Å². The first-order valence-electron chi connectivity index (χ1n) is 9.85. The van der Waals surface area contributed by atoms with Crippen LogP contribution in [0.25, 0.3) is 0 Å². The maximum Gasteiger partial charge on any atom is 0.321 e. The first-order valence-corrected chi connectivity index (χ1v) is 9.85. The standard InChI is InChI=1S/C20H38O4/c1-5-9-10-11-12-16-19(13-6-2,14-7-3)20(15-8-4,17(21)22)18(23)24/h5-16H2,1-4H3,(H,21,22)(H,23,24). The number of rotatable bonds is 15. The molecule has 0 bridgehead atoms. The largest absolute Gasteiger partial charge is 0.480 e. The summed E-state index contributed by atoms with van der Waals surface area (Å²) >= 11 is 0. The van der Waals surface area contributed by atoms with E-state index in [0.29, 0.717) is 25.7 Å². The quantitative estimate of drug-likeness (QED) is 0.287. The normalized spacial score (nSPS) is 12.3. The van der Waals surface area contributed by atoms with Gasteiger partial charge in [-0.25, -0.2) is 0 Å². The van der Waals surface area contributed by atoms with Gasteiger partial charge in [-0.3, -0.25) is 9.59 Å². The number of hydrogen-bond donors (Lipinski definition) is 2. The number of unbranched alkanes of at least 4 members (excludes halogenated alkanes) is 4. The molecule has 24 heavy (non-hydrogen) atoms. The first-order chi connectivity index (χ1) is 11.4. The van der Waals surface area contributed by atoms with Crippen molar-refractivity contribution in [3.8, 4) is 0 Å². The second-order valence-corrected chi connectivity index (χ2v) is 7.21. The lowest BCUT2D eigenvalue weighted by molar-refractivity contribution is -0.180. The number of carboxylic acids is 2. The predicted molar refractivity (Wildman–Crippen MR) is 98.2 cm³/mol. The Kier molecular flexibility index (Phi) is 11.0. The van der Waals surface area contributed by atoms with Crippen LogP contribution < -0.4 is 0 Å². The van der Waals surface area contributed by atoms with E-state index in [0.717, 1.165) is 32.1 Å². The fourth-order valence-electron chi connectivity index (χ4n) is 4.44. The van der Waals surface area contributed by atoms with Gasteiger partial charge in [-0.2, -0.15) is 0 Å². The summed E-state index contributed by atoms with van der Waals surface area (Å²) in [5.41, 5.74) is -2.30. The second kappa shape index (κ2) is 11.5. The third-order valence-electron chi connectivity index (χ3n) is 5.48. The van der Waals surface area contributed by atoms with Gasteiger partial charge in [0, 0.05) is 0 Å². The highest BCUT2D eigenvalue weighted by Gasteiger charge is 2.60. The van der Waals surface area contributed by atoms with Gasteiger partial charge in [0.25, 0.3) is 0 Å². The van der Waals surface area contributed by atoms with E-state index in [-0.39, 0.29) is 6.42 Å². The Morgan fingerprint density at radius 1 is 0.625 bits per heavy atom. The van der Waals surface area contributed by atoms with Gasteiger partial charge < -0.3 is 10.2 Å². The topological polar surface area (TPSA) is 74.6 Å². The number of carboxylic acid groups (broad SMARTS) is 2. The Morgan fingerprint density at radius 2 is 1.08 bits per heavy atom. The Bertz CT molecular complexity index is 356. The summed E-state index contributed by atoms with van der Waals surface area (Å²) in [4.78, 5) is 24.4. The number of carbonyl (C=O) groups is 2. The molecular formula is C20H38O4. The van der Waals surface area contributed by atoms with Crippen molar-refractivity contribution in [2.45, 2.75) is 105 Å². The molecule has 0 heterocycles. The lowest BCUT2D eigenvalue weighted by Crippen LogP contribution is -2.53. The molecule has 0 aliphatic carbocycles. The molecule has 142 valence electrons. The van der Waals surface area contributed by atoms with E-state index >= 15 is 0 Å². The van der Waals surface area contributed by atoms with E-state index in [9.17, 15) is 19.8 Å². The van der Waals surface area contributed by atoms with Crippen LogP contribution in [0, 0.1) is 10.8 Å². The van der Waals surface area contributed by atoms with Crippen molar-refractivity contribution in [2.24, 2.45) is 10.8 Å². The molecule has 0 spiro atoms. The highest BCUT2D eigenvalue weighted by molar-refractivity contribution is 5.99. The monoisotopic (exact) mass is 342 g/mol. The molecule has 0 radical (unpaired) electrons. The minimum atomic E-state index is -1.65. The van der Waals surface area contributed by atoms with Crippen LogP contribution in [0.4, 0.5) is 0 Å². The average molecular weight is 343 g/mol. The van der Waals surface area contributed by atoms with Gasteiger partial charge in [0.05, 0.1) is 0 Å². The fourth-order valence-corrected chi connectivity index (χ4v) is 4.44. The van der Waals surface area contributed by atoms with Crippen LogP contribution in [-0.4, -0.2) is 22.2 Å². The predicted octanol–water partition coefficient (Wildman–Crippen LogP) is 5.89. The molecule has 0 atom stereocenters. The van der Waals surface area contributed by atoms with Gasteiger partial charge >= 0.3 is 11.9 Å². The molecule has 4 nitrogen and oxygen atoms in total. The first kappa shape index (κ1) is 22.9. The third-order valence-corrected chi connectivity index (χ3v) is 5.48. The highest BCUT2D eigenvalue weighted by Crippen LogP contribution is 2.53. The molecule has 0 aliphatic rings. The molecule has 0 saturated heterocycles. The van der Waals surface area contributed by atoms with Crippen molar-refractivity contribution in [2.75, 3.05) is 0 Å². The van der Waals surface area contributed by atoms with Crippen molar-refractivity contribution in [1.82, 2.24) is 0 Å². The summed E-state index contributed by atoms with van der Waals surface area (Å²) in [5, 5.41) is 19.9. The smallest absolute Gasteiger partial charge is 0.321 e. The lowest BCUT2D eigenvalue weighted by atomic mass is 9.55. The van der Waals surface area contributed by atoms with Crippen LogP contribution in [0.3, 0.4) is 0 Å². The van der Waals surface area contributed by atoms with Crippen LogP contribution in [0.2, 0.25) is 0 Å². The molecule has 0 aliphatic heterocycles. The summed E-state index contributed by atoms with van der Waals surface area (Å²) in [7, 11) is 0. The SMILES string of the molecule is CCCCCCCC(CCC)(CCC)C(CCC)(C(=O)O)C(=O)O. The zero-order valence-electron chi connectivity index (χ0n) is 16.2. The van der Waals surface area contributed by atoms with Crippen LogP contribution >= 0.6 is 0 Å². The number of aliphatic carboxylic acids is 2. The zero-order chi connectivity index (χ0) is 18.6. The maximum absolute atomic E-state index is 12.2. The highest BCUT2D eigenvalue weighted by atomic mass is 16.4. The van der Waals surface area contributed by atoms with Gasteiger partial charge in [0.15, 0.2) is 5.41 Å². The minimum Gasteiger partial charge on any atom is -0.480 e. The van der Waals surface area contributed by atoms with E-state index in [4.69, 9.17) is 0 Å². The Hall–Kier alpha value is -1.06. The van der Waals surface area contributed by atoms with Gasteiger partial charge in [-0.15, -0.1) is 0 Å². The molecule has 0 rings (SSSR count). The summed E-state index contributed by atoms with van der Waals surface area (Å²) in [6.45, 7) is 8.11. The van der Waals surface area contributed by atoms with E-state index < -0.39 is 22.8 Å². The van der Waals surface area contributed by atoms with Crippen LogP contribution in [-0.2, 0) is 9.59 Å². The third kappa shape index (κ3) is 5.22. The van der Waals surface area contributed by atoms with E-state index in [2.05, 4.69) is 6.92 Å². The van der Waals surface area contributed by atoms with Gasteiger partial charge in [0.1, 0.15) is 0 Å². The van der Waals surface area contributed by atoms with E-state index in [1.165, 1.54) is 12.8 Å². The maximum atomic E-state index is 12.2. The van der Waals surface area contributed by atoms with Crippen molar-refractivity contribution >= 4 is 11.9 Å². The van der Waals surface area contributed by atoms with Gasteiger partial charge in [-0.05, 0) is 31.1 Å². The molecule has 0 aromatic rings. The van der Waals surface area contributed by atoms with Crippen molar-refractivity contribution in [1.29, 1.82) is 0 Å². The Labute approximate surface area is 148 Å². The molecule has 2 N–H and O–H groups in total. The summed E-state index contributed by atoms with van der Waals surface area (Å²) < 4.78 is 0. The summed E-state index contributed by atoms with van der Waals surface area (Å²) in [5.74, 6) is -2.29. The molecule has 0 fully saturated rings. The molecule has 0 aromatic carbocycles. The average Bonchev–Trinajstić information content (AvgIpc) is 2.51.